The van der Waals surface area contributed by atoms with E-state index in [2.05, 4.69) is 48.1 Å². The first-order valence-electron chi connectivity index (χ1n) is 4.87. The van der Waals surface area contributed by atoms with Crippen molar-refractivity contribution in [1.29, 1.82) is 0 Å². The van der Waals surface area contributed by atoms with E-state index in [1.54, 1.807) is 24.3 Å². The van der Waals surface area contributed by atoms with E-state index in [9.17, 15) is 8.78 Å². The molecule has 1 atom stereocenters. The van der Waals surface area contributed by atoms with Crippen molar-refractivity contribution in [1.82, 2.24) is 0 Å². The molecule has 0 aliphatic carbocycles. The van der Waals surface area contributed by atoms with Crippen LogP contribution < -0.4 is 4.74 Å². The van der Waals surface area contributed by atoms with Gasteiger partial charge in [-0.2, -0.15) is 0 Å². The Kier molecular flexibility index (Phi) is 6.56. The van der Waals surface area contributed by atoms with Gasteiger partial charge in [0.1, 0.15) is 22.8 Å². The summed E-state index contributed by atoms with van der Waals surface area (Å²) in [6, 6.07) is 6.40. The smallest absolute Gasteiger partial charge is 0.276 e. The summed E-state index contributed by atoms with van der Waals surface area (Å²) in [7, 11) is 1.41. The van der Waals surface area contributed by atoms with Crippen molar-refractivity contribution < 1.29 is 18.4 Å². The molecule has 1 rings (SSSR count). The summed E-state index contributed by atoms with van der Waals surface area (Å²) in [5.41, 5.74) is 0.659. The molecular weight excluding hydrogens is 376 g/mol. The maximum absolute atomic E-state index is 12.7. The van der Waals surface area contributed by atoms with Crippen LogP contribution in [0.5, 0.6) is 5.75 Å². The molecule has 1 aromatic carbocycles. The van der Waals surface area contributed by atoms with E-state index < -0.39 is 16.3 Å². The number of benzene rings is 1. The highest BCUT2D eigenvalue weighted by atomic mass is 79.9. The third-order valence-corrected chi connectivity index (χ3v) is 2.93. The molecule has 1 radical (unpaired) electrons. The Hall–Kier alpha value is -0.690. The van der Waals surface area contributed by atoms with Crippen molar-refractivity contribution >= 4 is 38.1 Å². The van der Waals surface area contributed by atoms with Gasteiger partial charge in [-0.15, -0.1) is 0 Å². The van der Waals surface area contributed by atoms with E-state index >= 15 is 0 Å². The van der Waals surface area contributed by atoms with Crippen LogP contribution in [0.4, 0.5) is 8.78 Å². The van der Waals surface area contributed by atoms with Crippen LogP contribution in [-0.2, 0) is 4.84 Å². The van der Waals surface area contributed by atoms with Crippen molar-refractivity contribution in [3.8, 4) is 5.75 Å². The maximum Gasteiger partial charge on any atom is 0.276 e. The SMILES string of the molecule is CON=[C]c1ccc(OC(C(F)F)C(Br)Br)cc1. The molecule has 99 valence electrons. The van der Waals surface area contributed by atoms with Crippen molar-refractivity contribution in [3.63, 3.8) is 0 Å². The summed E-state index contributed by atoms with van der Waals surface area (Å²) in [6.07, 6.45) is -1.27. The average Bonchev–Trinajstić information content (AvgIpc) is 2.34. The topological polar surface area (TPSA) is 30.8 Å². The Labute approximate surface area is 120 Å². The number of ether oxygens (including phenoxy) is 1. The molecule has 0 amide bonds. The van der Waals surface area contributed by atoms with Crippen LogP contribution >= 0.6 is 31.9 Å². The first kappa shape index (κ1) is 15.4. The molecule has 0 bridgehead atoms. The summed E-state index contributed by atoms with van der Waals surface area (Å²) in [5, 5.41) is 3.46. The van der Waals surface area contributed by atoms with E-state index in [-0.39, 0.29) is 0 Å². The molecule has 0 aliphatic rings. The minimum absolute atomic E-state index is 0.340. The monoisotopic (exact) mass is 384 g/mol. The highest BCUT2D eigenvalue weighted by molar-refractivity contribution is 9.24. The zero-order valence-corrected chi connectivity index (χ0v) is 12.5. The van der Waals surface area contributed by atoms with Gasteiger partial charge in [-0.3, -0.25) is 0 Å². The second-order valence-electron chi connectivity index (χ2n) is 3.16. The highest BCUT2D eigenvalue weighted by Crippen LogP contribution is 2.24. The van der Waals surface area contributed by atoms with Crippen LogP contribution in [-0.4, -0.2) is 29.6 Å². The summed E-state index contributed by atoms with van der Waals surface area (Å²) in [5.74, 6) is 0.340. The Morgan fingerprint density at radius 2 is 1.83 bits per heavy atom. The molecule has 1 aromatic rings. The molecule has 0 heterocycles. The van der Waals surface area contributed by atoms with Gasteiger partial charge in [0, 0.05) is 5.56 Å². The first-order chi connectivity index (χ1) is 8.54. The standard InChI is InChI=1S/C11H10Br2F2NO2/c1-17-16-6-7-2-4-8(5-3-7)18-9(10(12)13)11(14)15/h2-5,9-11H,1H3. The van der Waals surface area contributed by atoms with Crippen LogP contribution in [0.3, 0.4) is 0 Å². The molecule has 0 aromatic heterocycles. The lowest BCUT2D eigenvalue weighted by atomic mass is 10.2. The molecule has 18 heavy (non-hydrogen) atoms. The number of hydrogen-bond donors (Lipinski definition) is 0. The van der Waals surface area contributed by atoms with Gasteiger partial charge in [0.15, 0.2) is 6.10 Å². The average molecular weight is 386 g/mol. The fourth-order valence-electron chi connectivity index (χ4n) is 1.08. The van der Waals surface area contributed by atoms with Crippen molar-refractivity contribution in [2.45, 2.75) is 16.3 Å². The third-order valence-electron chi connectivity index (χ3n) is 1.89. The lowest BCUT2D eigenvalue weighted by molar-refractivity contribution is 0.0227. The summed E-state index contributed by atoms with van der Waals surface area (Å²) < 4.78 is 29.8. The van der Waals surface area contributed by atoms with Crippen LogP contribution in [0.15, 0.2) is 29.4 Å². The normalized spacial score (nSPS) is 13.3. The summed E-state index contributed by atoms with van der Waals surface area (Å²) in [6.45, 7) is 0. The molecule has 0 aliphatic heterocycles. The minimum atomic E-state index is -2.60. The Morgan fingerprint density at radius 3 is 2.28 bits per heavy atom. The molecule has 1 unspecified atom stereocenters. The number of alkyl halides is 4. The second kappa shape index (κ2) is 7.68. The fraction of sp³-hybridized carbons (Fsp3) is 0.364. The van der Waals surface area contributed by atoms with Gasteiger partial charge in [-0.1, -0.05) is 37.0 Å². The van der Waals surface area contributed by atoms with Crippen molar-refractivity contribution in [2.75, 3.05) is 7.11 Å². The van der Waals surface area contributed by atoms with E-state index in [1.807, 2.05) is 0 Å². The van der Waals surface area contributed by atoms with Gasteiger partial charge in [0.05, 0.1) is 0 Å². The van der Waals surface area contributed by atoms with Crippen LogP contribution in [0.1, 0.15) is 5.56 Å². The summed E-state index contributed by atoms with van der Waals surface area (Å²) in [4.78, 5) is 4.47. The van der Waals surface area contributed by atoms with Crippen molar-refractivity contribution in [2.24, 2.45) is 5.16 Å². The first-order valence-corrected chi connectivity index (χ1v) is 6.70. The second-order valence-corrected chi connectivity index (χ2v) is 6.36. The molecule has 0 saturated heterocycles. The van der Waals surface area contributed by atoms with E-state index in [1.165, 1.54) is 7.11 Å². The molecule has 3 nitrogen and oxygen atoms in total. The fourth-order valence-corrected chi connectivity index (χ4v) is 1.75. The number of hydrogen-bond acceptors (Lipinski definition) is 3. The maximum atomic E-state index is 12.7. The quantitative estimate of drug-likeness (QED) is 0.425. The molecule has 7 heteroatoms. The van der Waals surface area contributed by atoms with Gasteiger partial charge in [0.25, 0.3) is 6.43 Å². The number of halogens is 4. The molecular formula is C11H10Br2F2NO2. The van der Waals surface area contributed by atoms with Gasteiger partial charge in [0.2, 0.25) is 0 Å². The zero-order valence-electron chi connectivity index (χ0n) is 9.32. The predicted molar refractivity (Wildman–Crippen MR) is 72.1 cm³/mol. The lowest BCUT2D eigenvalue weighted by Gasteiger charge is -2.19. The van der Waals surface area contributed by atoms with E-state index in [0.29, 0.717) is 11.3 Å². The van der Waals surface area contributed by atoms with Gasteiger partial charge >= 0.3 is 0 Å². The Balaban J connectivity index is 2.70. The number of rotatable bonds is 6. The largest absolute Gasteiger partial charge is 0.482 e. The summed E-state index contributed by atoms with van der Waals surface area (Å²) >= 11 is 6.03. The minimum Gasteiger partial charge on any atom is -0.482 e. The van der Waals surface area contributed by atoms with Crippen LogP contribution in [0.2, 0.25) is 0 Å². The molecule has 0 saturated carbocycles. The van der Waals surface area contributed by atoms with Gasteiger partial charge < -0.3 is 9.57 Å². The van der Waals surface area contributed by atoms with E-state index in [4.69, 9.17) is 4.74 Å². The molecule has 0 spiro atoms. The van der Waals surface area contributed by atoms with Gasteiger partial charge in [-0.05, 0) is 24.3 Å². The zero-order chi connectivity index (χ0) is 13.5. The van der Waals surface area contributed by atoms with Crippen LogP contribution in [0.25, 0.3) is 0 Å². The van der Waals surface area contributed by atoms with Gasteiger partial charge in [-0.25, -0.2) is 8.78 Å². The number of nitrogens with zero attached hydrogens (tertiary/aromatic N) is 1. The molecule has 0 fully saturated rings. The van der Waals surface area contributed by atoms with E-state index in [0.717, 1.165) is 0 Å². The van der Waals surface area contributed by atoms with Crippen molar-refractivity contribution in [3.05, 3.63) is 29.8 Å². The predicted octanol–water partition coefficient (Wildman–Crippen LogP) is 3.67. The Morgan fingerprint density at radius 1 is 1.22 bits per heavy atom. The molecule has 0 N–H and O–H groups in total. The third kappa shape index (κ3) is 4.89. The highest BCUT2D eigenvalue weighted by Gasteiger charge is 2.28. The Bertz CT molecular complexity index is 377. The lowest BCUT2D eigenvalue weighted by Crippen LogP contribution is -2.31. The van der Waals surface area contributed by atoms with Crippen LogP contribution in [0, 0.1) is 0 Å².